The molecule has 4 heteroatoms. The summed E-state index contributed by atoms with van der Waals surface area (Å²) >= 11 is 3.14. The third-order valence-electron chi connectivity index (χ3n) is 1.90. The van der Waals surface area contributed by atoms with Gasteiger partial charge in [0.05, 0.1) is 6.20 Å². The van der Waals surface area contributed by atoms with Gasteiger partial charge < -0.3 is 9.15 Å². The number of aromatic nitrogens is 1. The molecule has 0 unspecified atom stereocenters. The summed E-state index contributed by atoms with van der Waals surface area (Å²) in [6, 6.07) is 7.88. The predicted molar refractivity (Wildman–Crippen MR) is 59.7 cm³/mol. The van der Waals surface area contributed by atoms with Crippen molar-refractivity contribution < 1.29 is 9.15 Å². The molecule has 1 aromatic carbocycles. The van der Waals surface area contributed by atoms with Gasteiger partial charge in [-0.05, 0) is 24.6 Å². The Balaban J connectivity index is 1.99. The minimum Gasteiger partial charge on any atom is -0.486 e. The van der Waals surface area contributed by atoms with Crippen molar-refractivity contribution in [3.05, 3.63) is 46.6 Å². The minimum atomic E-state index is 0.391. The number of rotatable bonds is 3. The van der Waals surface area contributed by atoms with Gasteiger partial charge in [0, 0.05) is 15.9 Å². The van der Waals surface area contributed by atoms with Gasteiger partial charge in [-0.25, -0.2) is 4.98 Å². The Kier molecular flexibility index (Phi) is 3.06. The zero-order valence-electron chi connectivity index (χ0n) is 8.24. The van der Waals surface area contributed by atoms with Crippen LogP contribution in [0.1, 0.15) is 11.3 Å². The molecule has 0 radical (unpaired) electrons. The number of aryl methyl sites for hydroxylation is 1. The van der Waals surface area contributed by atoms with Crippen LogP contribution in [0, 0.1) is 6.92 Å². The van der Waals surface area contributed by atoms with E-state index in [1.807, 2.05) is 31.2 Å². The van der Waals surface area contributed by atoms with E-state index in [-0.39, 0.29) is 0 Å². The van der Waals surface area contributed by atoms with Crippen molar-refractivity contribution in [2.45, 2.75) is 13.5 Å². The molecular weight excluding hydrogens is 258 g/mol. The van der Waals surface area contributed by atoms with Crippen molar-refractivity contribution in [1.29, 1.82) is 0 Å². The van der Waals surface area contributed by atoms with Gasteiger partial charge >= 0.3 is 0 Å². The lowest BCUT2D eigenvalue weighted by Gasteiger charge is -2.03. The lowest BCUT2D eigenvalue weighted by Crippen LogP contribution is -1.93. The second-order valence-corrected chi connectivity index (χ2v) is 3.86. The summed E-state index contributed by atoms with van der Waals surface area (Å²) < 4.78 is 10.7. The molecule has 0 N–H and O–H groups in total. The molecule has 0 aliphatic carbocycles. The fraction of sp³-hybridized carbons (Fsp3) is 0.182. The monoisotopic (exact) mass is 267 g/mol. The quantitative estimate of drug-likeness (QED) is 0.856. The molecule has 2 aromatic rings. The van der Waals surface area contributed by atoms with E-state index in [0.717, 1.165) is 5.75 Å². The predicted octanol–water partition coefficient (Wildman–Crippen LogP) is 3.32. The van der Waals surface area contributed by atoms with Gasteiger partial charge in [-0.1, -0.05) is 12.1 Å². The maximum atomic E-state index is 5.53. The van der Waals surface area contributed by atoms with Crippen LogP contribution in [0.4, 0.5) is 0 Å². The van der Waals surface area contributed by atoms with E-state index in [0.29, 0.717) is 17.2 Å². The van der Waals surface area contributed by atoms with Crippen LogP contribution in [0.2, 0.25) is 0 Å². The molecule has 0 saturated heterocycles. The fourth-order valence-electron chi connectivity index (χ4n) is 1.21. The average Bonchev–Trinajstić information content (AvgIpc) is 2.62. The minimum absolute atomic E-state index is 0.391. The maximum Gasteiger partial charge on any atom is 0.264 e. The average molecular weight is 268 g/mol. The number of hydrogen-bond acceptors (Lipinski definition) is 3. The molecule has 1 heterocycles. The van der Waals surface area contributed by atoms with Crippen LogP contribution in [0.15, 0.2) is 39.7 Å². The zero-order chi connectivity index (χ0) is 10.7. The zero-order valence-corrected chi connectivity index (χ0v) is 9.82. The molecule has 0 amide bonds. The van der Waals surface area contributed by atoms with Gasteiger partial charge in [-0.15, -0.1) is 0 Å². The van der Waals surface area contributed by atoms with Crippen LogP contribution in [-0.4, -0.2) is 4.98 Å². The van der Waals surface area contributed by atoms with Crippen molar-refractivity contribution in [2.24, 2.45) is 0 Å². The summed E-state index contributed by atoms with van der Waals surface area (Å²) in [4.78, 5) is 4.39. The highest BCUT2D eigenvalue weighted by molar-refractivity contribution is 9.10. The Bertz CT molecular complexity index is 453. The molecular formula is C11H10BrNO2. The van der Waals surface area contributed by atoms with Crippen molar-refractivity contribution >= 4 is 15.9 Å². The molecule has 0 fully saturated rings. The Morgan fingerprint density at radius 2 is 2.33 bits per heavy atom. The molecule has 0 atom stereocenters. The van der Waals surface area contributed by atoms with E-state index in [9.17, 15) is 0 Å². The van der Waals surface area contributed by atoms with Crippen molar-refractivity contribution in [1.82, 2.24) is 4.98 Å². The van der Waals surface area contributed by atoms with Gasteiger partial charge in [0.1, 0.15) is 12.4 Å². The SMILES string of the molecule is Cc1cccc(OCc2cnc(Br)o2)c1. The molecule has 0 spiro atoms. The third kappa shape index (κ3) is 2.83. The van der Waals surface area contributed by atoms with Gasteiger partial charge in [-0.3, -0.25) is 0 Å². The molecule has 0 aliphatic heterocycles. The molecule has 15 heavy (non-hydrogen) atoms. The highest BCUT2D eigenvalue weighted by Gasteiger charge is 2.01. The summed E-state index contributed by atoms with van der Waals surface area (Å²) in [5.41, 5.74) is 1.17. The van der Waals surface area contributed by atoms with Gasteiger partial charge in [0.25, 0.3) is 4.80 Å². The van der Waals surface area contributed by atoms with E-state index in [1.165, 1.54) is 5.56 Å². The lowest BCUT2D eigenvalue weighted by molar-refractivity contribution is 0.267. The Morgan fingerprint density at radius 1 is 1.47 bits per heavy atom. The third-order valence-corrected chi connectivity index (χ3v) is 2.26. The summed E-state index contributed by atoms with van der Waals surface area (Å²) in [7, 11) is 0. The van der Waals surface area contributed by atoms with Crippen LogP contribution in [0.25, 0.3) is 0 Å². The number of oxazole rings is 1. The van der Waals surface area contributed by atoms with Crippen LogP contribution in [0.5, 0.6) is 5.75 Å². The van der Waals surface area contributed by atoms with Crippen molar-refractivity contribution in [3.8, 4) is 5.75 Å². The number of halogens is 1. The van der Waals surface area contributed by atoms with E-state index in [2.05, 4.69) is 20.9 Å². The maximum absolute atomic E-state index is 5.53. The second-order valence-electron chi connectivity index (χ2n) is 3.18. The molecule has 0 aliphatic rings. The lowest BCUT2D eigenvalue weighted by atomic mass is 10.2. The summed E-state index contributed by atoms with van der Waals surface area (Å²) in [6.45, 7) is 2.42. The molecule has 0 saturated carbocycles. The molecule has 1 aromatic heterocycles. The van der Waals surface area contributed by atoms with E-state index < -0.39 is 0 Å². The molecule has 2 rings (SSSR count). The molecule has 0 bridgehead atoms. The number of hydrogen-bond donors (Lipinski definition) is 0. The first kappa shape index (κ1) is 10.2. The second kappa shape index (κ2) is 4.49. The van der Waals surface area contributed by atoms with Crippen LogP contribution in [-0.2, 0) is 6.61 Å². The van der Waals surface area contributed by atoms with Crippen LogP contribution >= 0.6 is 15.9 Å². The first-order valence-corrected chi connectivity index (χ1v) is 5.33. The van der Waals surface area contributed by atoms with Gasteiger partial charge in [0.2, 0.25) is 0 Å². The van der Waals surface area contributed by atoms with E-state index >= 15 is 0 Å². The van der Waals surface area contributed by atoms with Crippen LogP contribution < -0.4 is 4.74 Å². The van der Waals surface area contributed by atoms with Crippen molar-refractivity contribution in [2.75, 3.05) is 0 Å². The summed E-state index contributed by atoms with van der Waals surface area (Å²) in [5, 5.41) is 0. The largest absolute Gasteiger partial charge is 0.486 e. The summed E-state index contributed by atoms with van der Waals surface area (Å²) in [5.74, 6) is 1.53. The van der Waals surface area contributed by atoms with E-state index in [4.69, 9.17) is 9.15 Å². The Hall–Kier alpha value is -1.29. The number of benzene rings is 1. The fourth-order valence-corrected chi connectivity index (χ4v) is 1.52. The molecule has 3 nitrogen and oxygen atoms in total. The standard InChI is InChI=1S/C11H10BrNO2/c1-8-3-2-4-9(5-8)14-7-10-6-13-11(12)15-10/h2-6H,7H2,1H3. The highest BCUT2D eigenvalue weighted by atomic mass is 79.9. The normalized spacial score (nSPS) is 10.3. The molecule has 78 valence electrons. The van der Waals surface area contributed by atoms with Gasteiger partial charge in [0.15, 0.2) is 5.76 Å². The van der Waals surface area contributed by atoms with Crippen molar-refractivity contribution in [3.63, 3.8) is 0 Å². The first-order valence-electron chi connectivity index (χ1n) is 4.54. The van der Waals surface area contributed by atoms with Crippen LogP contribution in [0.3, 0.4) is 0 Å². The van der Waals surface area contributed by atoms with E-state index in [1.54, 1.807) is 6.20 Å². The number of nitrogens with zero attached hydrogens (tertiary/aromatic N) is 1. The number of ether oxygens (including phenoxy) is 1. The van der Waals surface area contributed by atoms with Gasteiger partial charge in [-0.2, -0.15) is 0 Å². The highest BCUT2D eigenvalue weighted by Crippen LogP contribution is 2.16. The first-order chi connectivity index (χ1) is 7.24. The Morgan fingerprint density at radius 3 is 3.00 bits per heavy atom. The Labute approximate surface area is 96.2 Å². The summed E-state index contributed by atoms with van der Waals surface area (Å²) in [6.07, 6.45) is 1.64. The smallest absolute Gasteiger partial charge is 0.264 e. The topological polar surface area (TPSA) is 35.3 Å².